The molecule has 1 fully saturated rings. The van der Waals surface area contributed by atoms with Crippen molar-refractivity contribution < 1.29 is 14.1 Å². The average Bonchev–Trinajstić information content (AvgIpc) is 3.13. The van der Waals surface area contributed by atoms with E-state index in [4.69, 9.17) is 0 Å². The third kappa shape index (κ3) is 3.40. The number of rotatable bonds is 3. The van der Waals surface area contributed by atoms with E-state index in [0.717, 1.165) is 15.3 Å². The van der Waals surface area contributed by atoms with E-state index in [-0.39, 0.29) is 17.4 Å². The van der Waals surface area contributed by atoms with Crippen LogP contribution in [-0.2, 0) is 0 Å². The first-order chi connectivity index (χ1) is 13.4. The molecule has 0 unspecified atom stereocenters. The Balaban J connectivity index is 1.46. The number of anilines is 1. The molecule has 3 aromatic rings. The Morgan fingerprint density at radius 2 is 1.93 bits per heavy atom. The number of piperazine rings is 1. The minimum absolute atomic E-state index is 0.0449. The third-order valence-electron chi connectivity index (χ3n) is 4.83. The Morgan fingerprint density at radius 1 is 1.18 bits per heavy atom. The molecule has 144 valence electrons. The van der Waals surface area contributed by atoms with Crippen molar-refractivity contribution in [1.29, 1.82) is 0 Å². The summed E-state index contributed by atoms with van der Waals surface area (Å²) in [5, 5.41) is 11.7. The predicted molar refractivity (Wildman–Crippen MR) is 106 cm³/mol. The molecule has 2 heterocycles. The van der Waals surface area contributed by atoms with Crippen LogP contribution in [0.1, 0.15) is 15.9 Å². The number of carbonyl (C=O) groups is 1. The summed E-state index contributed by atoms with van der Waals surface area (Å²) in [5.41, 5.74) is 1.63. The quantitative estimate of drug-likeness (QED) is 0.496. The van der Waals surface area contributed by atoms with Gasteiger partial charge in [0.15, 0.2) is 5.13 Å². The highest BCUT2D eigenvalue weighted by molar-refractivity contribution is 7.22. The van der Waals surface area contributed by atoms with Crippen molar-refractivity contribution in [2.45, 2.75) is 6.92 Å². The number of nitro benzene ring substituents is 1. The number of nitrogens with zero attached hydrogens (tertiary/aromatic N) is 4. The highest BCUT2D eigenvalue weighted by atomic mass is 32.1. The molecule has 1 aromatic heterocycles. The predicted octanol–water partition coefficient (Wildman–Crippen LogP) is 3.61. The number of non-ortho nitro benzene ring substituents is 1. The lowest BCUT2D eigenvalue weighted by Crippen LogP contribution is -2.48. The van der Waals surface area contributed by atoms with Crippen molar-refractivity contribution in [1.82, 2.24) is 9.88 Å². The van der Waals surface area contributed by atoms with Crippen LogP contribution in [0.4, 0.5) is 15.2 Å². The molecule has 4 rings (SSSR count). The second-order valence-corrected chi connectivity index (χ2v) is 7.66. The Bertz CT molecular complexity index is 1080. The number of fused-ring (bicyclic) bond motifs is 1. The number of thiazole rings is 1. The third-order valence-corrected chi connectivity index (χ3v) is 5.91. The Kier molecular flexibility index (Phi) is 4.68. The van der Waals surface area contributed by atoms with Gasteiger partial charge in [0.1, 0.15) is 5.82 Å². The van der Waals surface area contributed by atoms with Gasteiger partial charge in [0, 0.05) is 43.9 Å². The van der Waals surface area contributed by atoms with Crippen LogP contribution in [0.2, 0.25) is 0 Å². The molecule has 1 aliphatic heterocycles. The zero-order chi connectivity index (χ0) is 19.8. The van der Waals surface area contributed by atoms with Crippen LogP contribution in [0.5, 0.6) is 0 Å². The van der Waals surface area contributed by atoms with E-state index in [0.29, 0.717) is 37.3 Å². The number of carbonyl (C=O) groups excluding carboxylic acids is 1. The molecular formula is C19H17FN4O3S. The maximum atomic E-state index is 13.7. The van der Waals surface area contributed by atoms with Gasteiger partial charge in [0.2, 0.25) is 0 Å². The fourth-order valence-electron chi connectivity index (χ4n) is 3.16. The number of hydrogen-bond acceptors (Lipinski definition) is 6. The first-order valence-corrected chi connectivity index (χ1v) is 9.59. The lowest BCUT2D eigenvalue weighted by Gasteiger charge is -2.34. The molecule has 1 saturated heterocycles. The minimum atomic E-state index is -0.420. The monoisotopic (exact) mass is 400 g/mol. The lowest BCUT2D eigenvalue weighted by molar-refractivity contribution is -0.384. The van der Waals surface area contributed by atoms with E-state index in [1.807, 2.05) is 0 Å². The van der Waals surface area contributed by atoms with Crippen LogP contribution in [0, 0.1) is 22.9 Å². The molecule has 1 amide bonds. The molecule has 0 atom stereocenters. The summed E-state index contributed by atoms with van der Waals surface area (Å²) in [6.45, 7) is 3.87. The van der Waals surface area contributed by atoms with Gasteiger partial charge in [0.05, 0.1) is 15.1 Å². The summed E-state index contributed by atoms with van der Waals surface area (Å²) in [6, 6.07) is 9.17. The first-order valence-electron chi connectivity index (χ1n) is 8.78. The number of benzene rings is 2. The number of aromatic nitrogens is 1. The minimum Gasteiger partial charge on any atom is -0.345 e. The molecule has 0 radical (unpaired) electrons. The number of amides is 1. The molecule has 0 bridgehead atoms. The second-order valence-electron chi connectivity index (χ2n) is 6.65. The summed E-state index contributed by atoms with van der Waals surface area (Å²) in [4.78, 5) is 31.4. The van der Waals surface area contributed by atoms with E-state index in [2.05, 4.69) is 9.88 Å². The molecule has 0 N–H and O–H groups in total. The van der Waals surface area contributed by atoms with Crippen molar-refractivity contribution in [2.24, 2.45) is 0 Å². The van der Waals surface area contributed by atoms with Gasteiger partial charge >= 0.3 is 0 Å². The Labute approximate surface area is 164 Å². The van der Waals surface area contributed by atoms with Gasteiger partial charge in [-0.3, -0.25) is 14.9 Å². The van der Waals surface area contributed by atoms with Crippen molar-refractivity contribution in [2.75, 3.05) is 31.1 Å². The molecule has 0 spiro atoms. The van der Waals surface area contributed by atoms with Gasteiger partial charge in [0.25, 0.3) is 11.6 Å². The molecule has 2 aromatic carbocycles. The number of hydrogen-bond donors (Lipinski definition) is 0. The highest BCUT2D eigenvalue weighted by Crippen LogP contribution is 2.32. The Hall–Kier alpha value is -3.07. The molecule has 0 saturated carbocycles. The van der Waals surface area contributed by atoms with Crippen molar-refractivity contribution in [3.63, 3.8) is 0 Å². The highest BCUT2D eigenvalue weighted by Gasteiger charge is 2.24. The summed E-state index contributed by atoms with van der Waals surface area (Å²) >= 11 is 1.40. The molecule has 9 heteroatoms. The largest absolute Gasteiger partial charge is 0.345 e. The number of halogens is 1. The van der Waals surface area contributed by atoms with Crippen LogP contribution < -0.4 is 4.90 Å². The summed E-state index contributed by atoms with van der Waals surface area (Å²) in [7, 11) is 0. The van der Waals surface area contributed by atoms with Crippen molar-refractivity contribution >= 4 is 38.3 Å². The lowest BCUT2D eigenvalue weighted by atomic mass is 10.1. The second kappa shape index (κ2) is 7.16. The normalized spacial score (nSPS) is 14.5. The maximum Gasteiger partial charge on any atom is 0.270 e. The zero-order valence-corrected chi connectivity index (χ0v) is 15.9. The molecule has 0 aliphatic carbocycles. The van der Waals surface area contributed by atoms with Gasteiger partial charge in [-0.25, -0.2) is 9.37 Å². The van der Waals surface area contributed by atoms with Crippen LogP contribution >= 0.6 is 11.3 Å². The molecular weight excluding hydrogens is 383 g/mol. The zero-order valence-electron chi connectivity index (χ0n) is 15.1. The van der Waals surface area contributed by atoms with Crippen LogP contribution in [0.3, 0.4) is 0 Å². The molecule has 7 nitrogen and oxygen atoms in total. The van der Waals surface area contributed by atoms with Crippen LogP contribution in [0.25, 0.3) is 10.2 Å². The van der Waals surface area contributed by atoms with E-state index in [1.54, 1.807) is 30.0 Å². The van der Waals surface area contributed by atoms with Crippen molar-refractivity contribution in [3.8, 4) is 0 Å². The standard InChI is InChI=1S/C19H17FN4O3S/c1-12-2-3-13(10-15(12)20)18(25)22-6-8-23(9-7-22)19-21-16-5-4-14(24(26)27)11-17(16)28-19/h2-5,10-11H,6-9H2,1H3. The van der Waals surface area contributed by atoms with E-state index >= 15 is 0 Å². The topological polar surface area (TPSA) is 79.6 Å². The summed E-state index contributed by atoms with van der Waals surface area (Å²) in [6.07, 6.45) is 0. The van der Waals surface area contributed by atoms with E-state index < -0.39 is 4.92 Å². The fraction of sp³-hybridized carbons (Fsp3) is 0.263. The van der Waals surface area contributed by atoms with Gasteiger partial charge in [-0.1, -0.05) is 17.4 Å². The van der Waals surface area contributed by atoms with E-state index in [9.17, 15) is 19.3 Å². The number of aryl methyl sites for hydroxylation is 1. The van der Waals surface area contributed by atoms with Gasteiger partial charge in [-0.05, 0) is 30.7 Å². The maximum absolute atomic E-state index is 13.7. The van der Waals surface area contributed by atoms with Gasteiger partial charge in [-0.15, -0.1) is 0 Å². The van der Waals surface area contributed by atoms with Crippen LogP contribution in [-0.4, -0.2) is 46.9 Å². The molecule has 1 aliphatic rings. The Morgan fingerprint density at radius 3 is 2.61 bits per heavy atom. The molecule has 28 heavy (non-hydrogen) atoms. The SMILES string of the molecule is Cc1ccc(C(=O)N2CCN(c3nc4ccc([N+](=O)[O-])cc4s3)CC2)cc1F. The fourth-order valence-corrected chi connectivity index (χ4v) is 4.21. The van der Waals surface area contributed by atoms with Crippen molar-refractivity contribution in [3.05, 3.63) is 63.5 Å². The summed E-state index contributed by atoms with van der Waals surface area (Å²) in [5.74, 6) is -0.563. The van der Waals surface area contributed by atoms with Gasteiger partial charge in [-0.2, -0.15) is 0 Å². The summed E-state index contributed by atoms with van der Waals surface area (Å²) < 4.78 is 14.5. The van der Waals surface area contributed by atoms with Crippen LogP contribution in [0.15, 0.2) is 36.4 Å². The first kappa shape index (κ1) is 18.3. The number of nitro groups is 1. The van der Waals surface area contributed by atoms with E-state index in [1.165, 1.54) is 29.5 Å². The van der Waals surface area contributed by atoms with Gasteiger partial charge < -0.3 is 9.80 Å². The average molecular weight is 400 g/mol. The smallest absolute Gasteiger partial charge is 0.270 e.